The predicted molar refractivity (Wildman–Crippen MR) is 103 cm³/mol. The zero-order valence-electron chi connectivity index (χ0n) is 15.6. The summed E-state index contributed by atoms with van der Waals surface area (Å²) in [5, 5.41) is 4.50. The molecule has 0 saturated carbocycles. The number of aromatic nitrogens is 2. The molecule has 1 heterocycles. The van der Waals surface area contributed by atoms with Gasteiger partial charge in [0, 0.05) is 12.2 Å². The Bertz CT molecular complexity index is 916. The van der Waals surface area contributed by atoms with Crippen LogP contribution in [-0.2, 0) is 0 Å². The third-order valence-electron chi connectivity index (χ3n) is 4.34. The highest BCUT2D eigenvalue weighted by molar-refractivity contribution is 6.07. The van der Waals surface area contributed by atoms with E-state index in [0.717, 1.165) is 22.5 Å². The van der Waals surface area contributed by atoms with Gasteiger partial charge in [-0.2, -0.15) is 5.10 Å². The topological polar surface area (TPSA) is 47.4 Å². The number of nitrogens with zero attached hydrogens (tertiary/aromatic N) is 3. The molecule has 0 bridgehead atoms. The minimum atomic E-state index is -0.173. The number of methoxy groups -OCH3 is 1. The molecule has 0 aliphatic carbocycles. The van der Waals surface area contributed by atoms with Crippen molar-refractivity contribution >= 4 is 11.6 Å². The van der Waals surface area contributed by atoms with E-state index in [-0.39, 0.29) is 5.91 Å². The molecule has 0 aliphatic heterocycles. The standard InChI is InChI=1S/C21H23N3O2/c1-5-23(18-13-15(2)11-12-16(18)3)21(25)20-19(26-4)14-24(22-20)17-9-7-6-8-10-17/h6-14H,5H2,1-4H3. The summed E-state index contributed by atoms with van der Waals surface area (Å²) in [5.41, 5.74) is 4.23. The molecule has 1 amide bonds. The van der Waals surface area contributed by atoms with Crippen molar-refractivity contribution in [2.24, 2.45) is 0 Å². The van der Waals surface area contributed by atoms with Crippen LogP contribution in [0.3, 0.4) is 0 Å². The van der Waals surface area contributed by atoms with Gasteiger partial charge < -0.3 is 9.64 Å². The highest BCUT2D eigenvalue weighted by Crippen LogP contribution is 2.26. The van der Waals surface area contributed by atoms with Gasteiger partial charge in [0.15, 0.2) is 11.4 Å². The Labute approximate surface area is 153 Å². The Morgan fingerprint density at radius 3 is 2.54 bits per heavy atom. The summed E-state index contributed by atoms with van der Waals surface area (Å²) in [4.78, 5) is 15.0. The molecule has 134 valence electrons. The molecule has 3 rings (SSSR count). The van der Waals surface area contributed by atoms with Gasteiger partial charge in [-0.1, -0.05) is 30.3 Å². The summed E-state index contributed by atoms with van der Waals surface area (Å²) in [6.07, 6.45) is 1.74. The fourth-order valence-corrected chi connectivity index (χ4v) is 2.93. The van der Waals surface area contributed by atoms with Crippen LogP contribution in [0.15, 0.2) is 54.7 Å². The number of amides is 1. The van der Waals surface area contributed by atoms with Gasteiger partial charge >= 0.3 is 0 Å². The first-order valence-corrected chi connectivity index (χ1v) is 8.63. The highest BCUT2D eigenvalue weighted by atomic mass is 16.5. The number of carbonyl (C=O) groups excluding carboxylic acids is 1. The van der Waals surface area contributed by atoms with E-state index in [9.17, 15) is 4.79 Å². The number of hydrogen-bond acceptors (Lipinski definition) is 3. The zero-order valence-corrected chi connectivity index (χ0v) is 15.6. The largest absolute Gasteiger partial charge is 0.493 e. The summed E-state index contributed by atoms with van der Waals surface area (Å²) in [7, 11) is 1.55. The third-order valence-corrected chi connectivity index (χ3v) is 4.34. The van der Waals surface area contributed by atoms with Gasteiger partial charge in [-0.25, -0.2) is 4.68 Å². The predicted octanol–water partition coefficient (Wildman–Crippen LogP) is 4.16. The molecule has 0 fully saturated rings. The molecule has 3 aromatic rings. The van der Waals surface area contributed by atoms with Crippen molar-refractivity contribution in [3.05, 3.63) is 71.5 Å². The second-order valence-corrected chi connectivity index (χ2v) is 6.17. The Morgan fingerprint density at radius 1 is 1.15 bits per heavy atom. The summed E-state index contributed by atoms with van der Waals surface area (Å²) in [5.74, 6) is 0.287. The van der Waals surface area contributed by atoms with Crippen molar-refractivity contribution in [2.45, 2.75) is 20.8 Å². The normalized spacial score (nSPS) is 10.6. The number of ether oxygens (including phenoxy) is 1. The van der Waals surface area contributed by atoms with Gasteiger partial charge in [0.05, 0.1) is 19.0 Å². The van der Waals surface area contributed by atoms with Crippen molar-refractivity contribution < 1.29 is 9.53 Å². The average molecular weight is 349 g/mol. The van der Waals surface area contributed by atoms with Crippen molar-refractivity contribution in [1.29, 1.82) is 0 Å². The Kier molecular flexibility index (Phi) is 5.07. The van der Waals surface area contributed by atoms with Gasteiger partial charge in [-0.05, 0) is 50.1 Å². The average Bonchev–Trinajstić information content (AvgIpc) is 3.10. The fourth-order valence-electron chi connectivity index (χ4n) is 2.93. The van der Waals surface area contributed by atoms with Crippen LogP contribution in [0.4, 0.5) is 5.69 Å². The van der Waals surface area contributed by atoms with Crippen LogP contribution in [-0.4, -0.2) is 29.3 Å². The molecule has 1 aromatic heterocycles. The van der Waals surface area contributed by atoms with Crippen LogP contribution in [0.5, 0.6) is 5.75 Å². The van der Waals surface area contributed by atoms with Crippen LogP contribution in [0, 0.1) is 13.8 Å². The van der Waals surface area contributed by atoms with Gasteiger partial charge in [0.25, 0.3) is 5.91 Å². The van der Waals surface area contributed by atoms with Gasteiger partial charge in [0.2, 0.25) is 0 Å². The van der Waals surface area contributed by atoms with Crippen molar-refractivity contribution in [3.63, 3.8) is 0 Å². The molecule has 0 aliphatic rings. The van der Waals surface area contributed by atoms with E-state index in [4.69, 9.17) is 4.74 Å². The first-order chi connectivity index (χ1) is 12.5. The minimum absolute atomic E-state index is 0.173. The maximum absolute atomic E-state index is 13.2. The van der Waals surface area contributed by atoms with E-state index < -0.39 is 0 Å². The number of benzene rings is 2. The first kappa shape index (κ1) is 17.7. The van der Waals surface area contributed by atoms with E-state index in [0.29, 0.717) is 18.0 Å². The maximum Gasteiger partial charge on any atom is 0.282 e. The van der Waals surface area contributed by atoms with E-state index in [1.54, 1.807) is 22.9 Å². The summed E-state index contributed by atoms with van der Waals surface area (Å²) in [6.45, 7) is 6.53. The Balaban J connectivity index is 2.03. The number of rotatable bonds is 5. The molecule has 26 heavy (non-hydrogen) atoms. The lowest BCUT2D eigenvalue weighted by Gasteiger charge is -2.23. The SMILES string of the molecule is CCN(C(=O)c1nn(-c2ccccc2)cc1OC)c1cc(C)ccc1C. The lowest BCUT2D eigenvalue weighted by atomic mass is 10.1. The molecule has 0 saturated heterocycles. The smallest absolute Gasteiger partial charge is 0.282 e. The Hall–Kier alpha value is -3.08. The lowest BCUT2D eigenvalue weighted by molar-refractivity contribution is 0.0980. The van der Waals surface area contributed by atoms with Crippen LogP contribution in [0.2, 0.25) is 0 Å². The number of hydrogen-bond donors (Lipinski definition) is 0. The Morgan fingerprint density at radius 2 is 1.88 bits per heavy atom. The quantitative estimate of drug-likeness (QED) is 0.695. The van der Waals surface area contributed by atoms with E-state index in [1.165, 1.54) is 0 Å². The molecule has 5 heteroatoms. The molecule has 0 atom stereocenters. The summed E-state index contributed by atoms with van der Waals surface area (Å²) >= 11 is 0. The van der Waals surface area contributed by atoms with E-state index >= 15 is 0 Å². The lowest BCUT2D eigenvalue weighted by Crippen LogP contribution is -2.32. The van der Waals surface area contributed by atoms with E-state index in [1.807, 2.05) is 69.3 Å². The molecular formula is C21H23N3O2. The second kappa shape index (κ2) is 7.44. The van der Waals surface area contributed by atoms with Crippen molar-refractivity contribution in [1.82, 2.24) is 9.78 Å². The molecule has 0 unspecified atom stereocenters. The molecule has 0 spiro atoms. The maximum atomic E-state index is 13.2. The van der Waals surface area contributed by atoms with Gasteiger partial charge in [0.1, 0.15) is 0 Å². The monoisotopic (exact) mass is 349 g/mol. The van der Waals surface area contributed by atoms with Crippen molar-refractivity contribution in [3.8, 4) is 11.4 Å². The van der Waals surface area contributed by atoms with Crippen LogP contribution in [0.1, 0.15) is 28.5 Å². The van der Waals surface area contributed by atoms with Crippen LogP contribution >= 0.6 is 0 Å². The molecule has 5 nitrogen and oxygen atoms in total. The number of aryl methyl sites for hydroxylation is 2. The molecule has 0 radical (unpaired) electrons. The number of carbonyl (C=O) groups is 1. The van der Waals surface area contributed by atoms with Crippen LogP contribution < -0.4 is 9.64 Å². The number of para-hydroxylation sites is 1. The highest BCUT2D eigenvalue weighted by Gasteiger charge is 2.25. The second-order valence-electron chi connectivity index (χ2n) is 6.17. The van der Waals surface area contributed by atoms with Crippen LogP contribution in [0.25, 0.3) is 5.69 Å². The van der Waals surface area contributed by atoms with E-state index in [2.05, 4.69) is 5.10 Å². The molecule has 2 aromatic carbocycles. The molecule has 0 N–H and O–H groups in total. The summed E-state index contributed by atoms with van der Waals surface area (Å²) in [6, 6.07) is 15.8. The third kappa shape index (κ3) is 3.33. The first-order valence-electron chi connectivity index (χ1n) is 8.63. The fraction of sp³-hybridized carbons (Fsp3) is 0.238. The summed E-state index contributed by atoms with van der Waals surface area (Å²) < 4.78 is 7.09. The minimum Gasteiger partial charge on any atom is -0.493 e. The zero-order chi connectivity index (χ0) is 18.7. The number of anilines is 1. The van der Waals surface area contributed by atoms with Gasteiger partial charge in [-0.3, -0.25) is 4.79 Å². The molecular weight excluding hydrogens is 326 g/mol. The van der Waals surface area contributed by atoms with Crippen molar-refractivity contribution in [2.75, 3.05) is 18.6 Å². The van der Waals surface area contributed by atoms with Gasteiger partial charge in [-0.15, -0.1) is 0 Å².